The molecule has 1 rings (SSSR count). The van der Waals surface area contributed by atoms with Crippen LogP contribution in [-0.4, -0.2) is 5.38 Å². The van der Waals surface area contributed by atoms with Gasteiger partial charge in [0.05, 0.1) is 0 Å². The van der Waals surface area contributed by atoms with Gasteiger partial charge < -0.3 is 0 Å². The second kappa shape index (κ2) is 2.73. The summed E-state index contributed by atoms with van der Waals surface area (Å²) >= 11 is 6.01. The minimum atomic E-state index is 0.377. The van der Waals surface area contributed by atoms with Crippen molar-refractivity contribution in [2.75, 3.05) is 0 Å². The fourth-order valence-corrected chi connectivity index (χ4v) is 2.10. The van der Waals surface area contributed by atoms with Crippen LogP contribution in [0.25, 0.3) is 0 Å². The summed E-state index contributed by atoms with van der Waals surface area (Å²) in [5, 5.41) is 0.377. The molecule has 1 fully saturated rings. The number of hydrogen-bond donors (Lipinski definition) is 0. The molecule has 60 valence electrons. The summed E-state index contributed by atoms with van der Waals surface area (Å²) < 4.78 is 0. The molecule has 0 aliphatic heterocycles. The zero-order valence-electron chi connectivity index (χ0n) is 7.15. The minimum absolute atomic E-state index is 0.377. The van der Waals surface area contributed by atoms with Crippen LogP contribution in [0.1, 0.15) is 40.0 Å². The SMILES string of the molecule is CC(Cl)C1CCC(C)(C)C1. The third-order valence-corrected chi connectivity index (χ3v) is 3.01. The highest BCUT2D eigenvalue weighted by atomic mass is 35.5. The maximum Gasteiger partial charge on any atom is 0.0336 e. The quantitative estimate of drug-likeness (QED) is 0.516. The van der Waals surface area contributed by atoms with E-state index in [1.807, 2.05) is 0 Å². The van der Waals surface area contributed by atoms with Gasteiger partial charge in [-0.05, 0) is 37.5 Å². The Labute approximate surface area is 69.0 Å². The van der Waals surface area contributed by atoms with Gasteiger partial charge in [-0.1, -0.05) is 13.8 Å². The molecule has 1 aliphatic rings. The highest BCUT2D eigenvalue weighted by molar-refractivity contribution is 6.20. The summed E-state index contributed by atoms with van der Waals surface area (Å²) in [6.07, 6.45) is 4.00. The van der Waals surface area contributed by atoms with Crippen LogP contribution in [0.15, 0.2) is 0 Å². The first kappa shape index (κ1) is 8.39. The fourth-order valence-electron chi connectivity index (χ4n) is 1.88. The van der Waals surface area contributed by atoms with Gasteiger partial charge in [0.2, 0.25) is 0 Å². The number of rotatable bonds is 1. The van der Waals surface area contributed by atoms with Crippen LogP contribution in [0, 0.1) is 11.3 Å². The zero-order valence-corrected chi connectivity index (χ0v) is 7.91. The molecule has 0 N–H and O–H groups in total. The van der Waals surface area contributed by atoms with Crippen molar-refractivity contribution in [2.24, 2.45) is 11.3 Å². The van der Waals surface area contributed by atoms with Crippen LogP contribution < -0.4 is 0 Å². The highest BCUT2D eigenvalue weighted by Gasteiger charge is 2.32. The van der Waals surface area contributed by atoms with Gasteiger partial charge in [-0.25, -0.2) is 0 Å². The predicted octanol–water partition coefficient (Wildman–Crippen LogP) is 3.44. The first-order valence-corrected chi connectivity index (χ1v) is 4.59. The molecular formula is C9H17Cl. The van der Waals surface area contributed by atoms with E-state index >= 15 is 0 Å². The molecule has 0 radical (unpaired) electrons. The van der Waals surface area contributed by atoms with Crippen molar-refractivity contribution in [1.29, 1.82) is 0 Å². The molecule has 1 aliphatic carbocycles. The van der Waals surface area contributed by atoms with Crippen molar-refractivity contribution in [3.8, 4) is 0 Å². The molecule has 0 nitrogen and oxygen atoms in total. The molecule has 0 bridgehead atoms. The van der Waals surface area contributed by atoms with E-state index in [1.54, 1.807) is 0 Å². The van der Waals surface area contributed by atoms with Gasteiger partial charge in [-0.3, -0.25) is 0 Å². The van der Waals surface area contributed by atoms with E-state index in [-0.39, 0.29) is 0 Å². The lowest BCUT2D eigenvalue weighted by Gasteiger charge is -2.17. The Balaban J connectivity index is 2.43. The first-order chi connectivity index (χ1) is 4.51. The maximum absolute atomic E-state index is 6.01. The summed E-state index contributed by atoms with van der Waals surface area (Å²) in [5.41, 5.74) is 0.563. The largest absolute Gasteiger partial charge is 0.123 e. The van der Waals surface area contributed by atoms with Crippen LogP contribution >= 0.6 is 11.6 Å². The molecule has 2 atom stereocenters. The Morgan fingerprint density at radius 1 is 1.50 bits per heavy atom. The summed E-state index contributed by atoms with van der Waals surface area (Å²) in [6.45, 7) is 6.80. The molecule has 0 saturated heterocycles. The molecule has 0 aromatic carbocycles. The second-order valence-corrected chi connectivity index (χ2v) is 5.03. The molecular weight excluding hydrogens is 144 g/mol. The van der Waals surface area contributed by atoms with Crippen molar-refractivity contribution < 1.29 is 0 Å². The van der Waals surface area contributed by atoms with Crippen LogP contribution in [0.3, 0.4) is 0 Å². The Kier molecular flexibility index (Phi) is 2.29. The third kappa shape index (κ3) is 1.88. The van der Waals surface area contributed by atoms with E-state index in [1.165, 1.54) is 19.3 Å². The first-order valence-electron chi connectivity index (χ1n) is 4.15. The Hall–Kier alpha value is 0.290. The lowest BCUT2D eigenvalue weighted by molar-refractivity contribution is 0.359. The summed E-state index contributed by atoms with van der Waals surface area (Å²) in [7, 11) is 0. The third-order valence-electron chi connectivity index (χ3n) is 2.66. The molecule has 0 aromatic heterocycles. The summed E-state index contributed by atoms with van der Waals surface area (Å²) in [4.78, 5) is 0. The molecule has 10 heavy (non-hydrogen) atoms. The topological polar surface area (TPSA) is 0 Å². The van der Waals surface area contributed by atoms with Gasteiger partial charge in [-0.2, -0.15) is 0 Å². The van der Waals surface area contributed by atoms with Crippen molar-refractivity contribution in [2.45, 2.75) is 45.4 Å². The van der Waals surface area contributed by atoms with Crippen molar-refractivity contribution >= 4 is 11.6 Å². The average Bonchev–Trinajstić information content (AvgIpc) is 2.10. The standard InChI is InChI=1S/C9H17Cl/c1-7(10)8-4-5-9(2,3)6-8/h7-8H,4-6H2,1-3H3. The molecule has 1 heteroatoms. The lowest BCUT2D eigenvalue weighted by atomic mass is 9.90. The van der Waals surface area contributed by atoms with Crippen molar-refractivity contribution in [3.63, 3.8) is 0 Å². The van der Waals surface area contributed by atoms with E-state index < -0.39 is 0 Å². The molecule has 0 heterocycles. The van der Waals surface area contributed by atoms with Gasteiger partial charge >= 0.3 is 0 Å². The minimum Gasteiger partial charge on any atom is -0.123 e. The van der Waals surface area contributed by atoms with Crippen LogP contribution in [0.4, 0.5) is 0 Å². The monoisotopic (exact) mass is 160 g/mol. The molecule has 0 spiro atoms. The van der Waals surface area contributed by atoms with Crippen LogP contribution in [0.2, 0.25) is 0 Å². The predicted molar refractivity (Wildman–Crippen MR) is 46.4 cm³/mol. The molecule has 0 aromatic rings. The summed E-state index contributed by atoms with van der Waals surface area (Å²) in [5.74, 6) is 0.775. The van der Waals surface area contributed by atoms with Gasteiger partial charge in [0, 0.05) is 5.38 Å². The average molecular weight is 161 g/mol. The van der Waals surface area contributed by atoms with E-state index in [0.717, 1.165) is 5.92 Å². The van der Waals surface area contributed by atoms with Gasteiger partial charge in [-0.15, -0.1) is 11.6 Å². The smallest absolute Gasteiger partial charge is 0.0336 e. The van der Waals surface area contributed by atoms with Crippen LogP contribution in [0.5, 0.6) is 0 Å². The highest BCUT2D eigenvalue weighted by Crippen LogP contribution is 2.43. The Morgan fingerprint density at radius 3 is 2.30 bits per heavy atom. The van der Waals surface area contributed by atoms with Gasteiger partial charge in [0.25, 0.3) is 0 Å². The Morgan fingerprint density at radius 2 is 2.10 bits per heavy atom. The Bertz CT molecular complexity index is 116. The van der Waals surface area contributed by atoms with E-state index in [4.69, 9.17) is 11.6 Å². The van der Waals surface area contributed by atoms with E-state index in [2.05, 4.69) is 20.8 Å². The van der Waals surface area contributed by atoms with E-state index in [9.17, 15) is 0 Å². The van der Waals surface area contributed by atoms with Crippen LogP contribution in [-0.2, 0) is 0 Å². The number of hydrogen-bond acceptors (Lipinski definition) is 0. The van der Waals surface area contributed by atoms with Gasteiger partial charge in [0.1, 0.15) is 0 Å². The summed E-state index contributed by atoms with van der Waals surface area (Å²) in [6, 6.07) is 0. The lowest BCUT2D eigenvalue weighted by Crippen LogP contribution is -2.10. The fraction of sp³-hybridized carbons (Fsp3) is 1.00. The second-order valence-electron chi connectivity index (χ2n) is 4.34. The van der Waals surface area contributed by atoms with Gasteiger partial charge in [0.15, 0.2) is 0 Å². The molecule has 1 saturated carbocycles. The number of alkyl halides is 1. The zero-order chi connectivity index (χ0) is 7.78. The van der Waals surface area contributed by atoms with Crippen molar-refractivity contribution in [1.82, 2.24) is 0 Å². The van der Waals surface area contributed by atoms with E-state index in [0.29, 0.717) is 10.8 Å². The molecule has 0 amide bonds. The number of halogens is 1. The van der Waals surface area contributed by atoms with Crippen molar-refractivity contribution in [3.05, 3.63) is 0 Å². The molecule has 2 unspecified atom stereocenters. The maximum atomic E-state index is 6.01. The normalized spacial score (nSPS) is 34.2.